The third-order valence-corrected chi connectivity index (χ3v) is 4.84. The van der Waals surface area contributed by atoms with Crippen molar-refractivity contribution in [2.45, 2.75) is 38.9 Å². The first-order valence-electron chi connectivity index (χ1n) is 6.75. The molecule has 3 rings (SSSR count). The molecule has 3 unspecified atom stereocenters. The van der Waals surface area contributed by atoms with Crippen molar-refractivity contribution in [1.29, 1.82) is 0 Å². The largest absolute Gasteiger partial charge is 0.321 e. The van der Waals surface area contributed by atoms with E-state index in [1.54, 1.807) is 11.3 Å². The summed E-state index contributed by atoms with van der Waals surface area (Å²) in [5.41, 5.74) is 1.22. The predicted octanol–water partition coefficient (Wildman–Crippen LogP) is 2.61. The molecule has 2 aliphatic rings. The molecule has 1 saturated carbocycles. The SMILES string of the molecule is CC1NC(c2ccsc2)N(CC(C)C2CC2)C1=O. The van der Waals surface area contributed by atoms with Crippen LogP contribution in [0.4, 0.5) is 0 Å². The number of hydrogen-bond acceptors (Lipinski definition) is 3. The highest BCUT2D eigenvalue weighted by Crippen LogP contribution is 2.38. The van der Waals surface area contributed by atoms with E-state index >= 15 is 0 Å². The van der Waals surface area contributed by atoms with Gasteiger partial charge in [-0.15, -0.1) is 0 Å². The molecule has 0 aromatic carbocycles. The van der Waals surface area contributed by atoms with Crippen LogP contribution < -0.4 is 5.32 Å². The van der Waals surface area contributed by atoms with Crippen molar-refractivity contribution in [1.82, 2.24) is 10.2 Å². The molecule has 18 heavy (non-hydrogen) atoms. The summed E-state index contributed by atoms with van der Waals surface area (Å²) in [6.45, 7) is 5.13. The van der Waals surface area contributed by atoms with Gasteiger partial charge in [0.1, 0.15) is 6.17 Å². The zero-order valence-electron chi connectivity index (χ0n) is 10.9. The topological polar surface area (TPSA) is 32.3 Å². The quantitative estimate of drug-likeness (QED) is 0.906. The zero-order valence-corrected chi connectivity index (χ0v) is 11.7. The van der Waals surface area contributed by atoms with Gasteiger partial charge in [0.15, 0.2) is 0 Å². The zero-order chi connectivity index (χ0) is 12.7. The lowest BCUT2D eigenvalue weighted by Crippen LogP contribution is -2.34. The fraction of sp³-hybridized carbons (Fsp3) is 0.643. The highest BCUT2D eigenvalue weighted by molar-refractivity contribution is 7.07. The van der Waals surface area contributed by atoms with Gasteiger partial charge in [-0.05, 0) is 54.0 Å². The number of hydrogen-bond donors (Lipinski definition) is 1. The second kappa shape index (κ2) is 4.67. The number of nitrogens with zero attached hydrogens (tertiary/aromatic N) is 1. The summed E-state index contributed by atoms with van der Waals surface area (Å²) in [7, 11) is 0. The first kappa shape index (κ1) is 12.2. The Bertz CT molecular complexity index is 427. The molecular formula is C14H20N2OS. The smallest absolute Gasteiger partial charge is 0.241 e. The number of carbonyl (C=O) groups excluding carboxylic acids is 1. The molecule has 0 bridgehead atoms. The van der Waals surface area contributed by atoms with E-state index in [9.17, 15) is 4.79 Å². The normalized spacial score (nSPS) is 29.9. The molecule has 1 N–H and O–H groups in total. The van der Waals surface area contributed by atoms with Crippen LogP contribution >= 0.6 is 11.3 Å². The van der Waals surface area contributed by atoms with Gasteiger partial charge in [0.05, 0.1) is 6.04 Å². The first-order chi connectivity index (χ1) is 8.66. The van der Waals surface area contributed by atoms with Gasteiger partial charge in [-0.3, -0.25) is 10.1 Å². The van der Waals surface area contributed by atoms with Crippen LogP contribution in [0.2, 0.25) is 0 Å². The van der Waals surface area contributed by atoms with Crippen molar-refractivity contribution in [3.63, 3.8) is 0 Å². The van der Waals surface area contributed by atoms with Gasteiger partial charge in [0.25, 0.3) is 0 Å². The molecule has 2 fully saturated rings. The molecule has 3 nitrogen and oxygen atoms in total. The van der Waals surface area contributed by atoms with Crippen LogP contribution in [-0.4, -0.2) is 23.4 Å². The fourth-order valence-electron chi connectivity index (χ4n) is 2.80. The number of amides is 1. The Morgan fingerprint density at radius 3 is 2.94 bits per heavy atom. The second-order valence-corrected chi connectivity index (χ2v) is 6.43. The predicted molar refractivity (Wildman–Crippen MR) is 73.3 cm³/mol. The fourth-order valence-corrected chi connectivity index (χ4v) is 3.48. The molecule has 3 atom stereocenters. The maximum atomic E-state index is 12.3. The summed E-state index contributed by atoms with van der Waals surface area (Å²) in [5, 5.41) is 7.62. The van der Waals surface area contributed by atoms with Gasteiger partial charge in [0, 0.05) is 6.54 Å². The van der Waals surface area contributed by atoms with E-state index < -0.39 is 0 Å². The monoisotopic (exact) mass is 264 g/mol. The number of carbonyl (C=O) groups is 1. The Morgan fingerprint density at radius 2 is 2.33 bits per heavy atom. The molecule has 2 heterocycles. The minimum Gasteiger partial charge on any atom is -0.321 e. The third-order valence-electron chi connectivity index (χ3n) is 4.14. The Balaban J connectivity index is 1.76. The average Bonchev–Trinajstić information content (AvgIpc) is 3.01. The average molecular weight is 264 g/mol. The standard InChI is InChI=1S/C14H20N2OS/c1-9(11-3-4-11)7-16-13(12-5-6-18-8-12)15-10(2)14(16)17/h5-6,8-11,13,15H,3-4,7H2,1-2H3. The molecule has 1 saturated heterocycles. The highest BCUT2D eigenvalue weighted by atomic mass is 32.1. The van der Waals surface area contributed by atoms with Crippen molar-refractivity contribution < 1.29 is 4.79 Å². The lowest BCUT2D eigenvalue weighted by molar-refractivity contribution is -0.130. The summed E-state index contributed by atoms with van der Waals surface area (Å²) in [4.78, 5) is 14.3. The van der Waals surface area contributed by atoms with Crippen molar-refractivity contribution in [2.24, 2.45) is 11.8 Å². The molecule has 98 valence electrons. The Morgan fingerprint density at radius 1 is 1.56 bits per heavy atom. The lowest BCUT2D eigenvalue weighted by Gasteiger charge is -2.26. The Hall–Kier alpha value is -0.870. The van der Waals surface area contributed by atoms with E-state index in [1.807, 2.05) is 11.8 Å². The molecule has 1 aromatic heterocycles. The third kappa shape index (κ3) is 2.19. The van der Waals surface area contributed by atoms with E-state index in [0.29, 0.717) is 5.92 Å². The molecule has 0 spiro atoms. The summed E-state index contributed by atoms with van der Waals surface area (Å²) < 4.78 is 0. The minimum atomic E-state index is -0.0543. The van der Waals surface area contributed by atoms with Gasteiger partial charge in [-0.1, -0.05) is 6.92 Å². The van der Waals surface area contributed by atoms with Gasteiger partial charge in [-0.25, -0.2) is 0 Å². The van der Waals surface area contributed by atoms with E-state index in [4.69, 9.17) is 0 Å². The van der Waals surface area contributed by atoms with Gasteiger partial charge < -0.3 is 4.90 Å². The van der Waals surface area contributed by atoms with Crippen molar-refractivity contribution in [2.75, 3.05) is 6.54 Å². The molecule has 4 heteroatoms. The minimum absolute atomic E-state index is 0.0543. The van der Waals surface area contributed by atoms with Crippen molar-refractivity contribution >= 4 is 17.2 Å². The van der Waals surface area contributed by atoms with Crippen LogP contribution in [-0.2, 0) is 4.79 Å². The molecular weight excluding hydrogens is 244 g/mol. The van der Waals surface area contributed by atoms with Crippen LogP contribution in [0.1, 0.15) is 38.4 Å². The molecule has 0 radical (unpaired) electrons. The number of rotatable bonds is 4. The van der Waals surface area contributed by atoms with E-state index in [2.05, 4.69) is 29.1 Å². The number of thiophene rings is 1. The van der Waals surface area contributed by atoms with Crippen molar-refractivity contribution in [3.8, 4) is 0 Å². The van der Waals surface area contributed by atoms with Crippen LogP contribution in [0.5, 0.6) is 0 Å². The molecule has 1 aliphatic carbocycles. The van der Waals surface area contributed by atoms with Gasteiger partial charge in [-0.2, -0.15) is 11.3 Å². The number of nitrogens with one attached hydrogen (secondary N) is 1. The van der Waals surface area contributed by atoms with Gasteiger partial charge in [0.2, 0.25) is 5.91 Å². The Kier molecular flexibility index (Phi) is 3.16. The Labute approximate surface area is 112 Å². The maximum Gasteiger partial charge on any atom is 0.241 e. The summed E-state index contributed by atoms with van der Waals surface area (Å²) in [5.74, 6) is 1.72. The van der Waals surface area contributed by atoms with Crippen LogP contribution in [0.15, 0.2) is 16.8 Å². The molecule has 1 amide bonds. The summed E-state index contributed by atoms with van der Waals surface area (Å²) >= 11 is 1.69. The van der Waals surface area contributed by atoms with Crippen molar-refractivity contribution in [3.05, 3.63) is 22.4 Å². The van der Waals surface area contributed by atoms with E-state index in [-0.39, 0.29) is 18.1 Å². The maximum absolute atomic E-state index is 12.3. The first-order valence-corrected chi connectivity index (χ1v) is 7.69. The summed E-state index contributed by atoms with van der Waals surface area (Å²) in [6.07, 6.45) is 2.77. The lowest BCUT2D eigenvalue weighted by atomic mass is 10.1. The summed E-state index contributed by atoms with van der Waals surface area (Å²) in [6, 6.07) is 2.06. The second-order valence-electron chi connectivity index (χ2n) is 5.65. The van der Waals surface area contributed by atoms with Crippen LogP contribution in [0.25, 0.3) is 0 Å². The van der Waals surface area contributed by atoms with Crippen LogP contribution in [0, 0.1) is 11.8 Å². The van der Waals surface area contributed by atoms with Crippen LogP contribution in [0.3, 0.4) is 0 Å². The molecule has 1 aromatic rings. The molecule has 1 aliphatic heterocycles. The van der Waals surface area contributed by atoms with Gasteiger partial charge >= 0.3 is 0 Å². The van der Waals surface area contributed by atoms with E-state index in [0.717, 1.165) is 12.5 Å². The van der Waals surface area contributed by atoms with E-state index in [1.165, 1.54) is 18.4 Å². The highest BCUT2D eigenvalue weighted by Gasteiger charge is 2.39.